The zero-order chi connectivity index (χ0) is 24.6. The summed E-state index contributed by atoms with van der Waals surface area (Å²) in [5.74, 6) is -2.70. The first kappa shape index (κ1) is 24.4. The topological polar surface area (TPSA) is 104 Å². The largest absolute Gasteiger partial charge is 0.350 e. The van der Waals surface area contributed by atoms with E-state index in [0.717, 1.165) is 4.90 Å². The van der Waals surface area contributed by atoms with Crippen LogP contribution in [-0.4, -0.2) is 53.5 Å². The zero-order valence-electron chi connectivity index (χ0n) is 18.8. The second-order valence-electron chi connectivity index (χ2n) is 8.84. The van der Waals surface area contributed by atoms with Crippen molar-refractivity contribution in [2.45, 2.75) is 50.7 Å². The number of sulfonamides is 1. The minimum atomic E-state index is -4.22. The van der Waals surface area contributed by atoms with Crippen LogP contribution in [0.4, 0.5) is 4.39 Å². The molecule has 1 N–H and O–H groups in total. The lowest BCUT2D eigenvalue weighted by molar-refractivity contribution is -0.141. The van der Waals surface area contributed by atoms with Gasteiger partial charge in [-0.3, -0.25) is 14.4 Å². The van der Waals surface area contributed by atoms with Crippen molar-refractivity contribution in [1.82, 2.24) is 14.5 Å². The molecule has 8 nitrogen and oxygen atoms in total. The summed E-state index contributed by atoms with van der Waals surface area (Å²) < 4.78 is 40.5. The number of benzene rings is 2. The number of nitrogens with zero attached hydrogens (tertiary/aromatic N) is 2. The Bertz CT molecular complexity index is 1210. The second kappa shape index (κ2) is 8.93. The van der Waals surface area contributed by atoms with Crippen LogP contribution >= 0.6 is 0 Å². The predicted molar refractivity (Wildman–Crippen MR) is 119 cm³/mol. The third kappa shape index (κ3) is 5.05. The molecule has 2 aromatic rings. The van der Waals surface area contributed by atoms with Crippen molar-refractivity contribution < 1.29 is 27.2 Å². The summed E-state index contributed by atoms with van der Waals surface area (Å²) in [6, 6.07) is 10.4. The molecule has 0 aliphatic carbocycles. The fourth-order valence-electron chi connectivity index (χ4n) is 3.47. The van der Waals surface area contributed by atoms with E-state index in [0.29, 0.717) is 4.31 Å². The number of nitrogens with one attached hydrogen (secondary N) is 1. The van der Waals surface area contributed by atoms with Crippen LogP contribution in [-0.2, 0) is 26.2 Å². The van der Waals surface area contributed by atoms with Gasteiger partial charge in [0.1, 0.15) is 23.3 Å². The van der Waals surface area contributed by atoms with Gasteiger partial charge in [-0.2, -0.15) is 0 Å². The Morgan fingerprint density at radius 3 is 2.30 bits per heavy atom. The molecule has 2 aromatic carbocycles. The molecule has 1 heterocycles. The van der Waals surface area contributed by atoms with Crippen LogP contribution < -0.4 is 5.32 Å². The summed E-state index contributed by atoms with van der Waals surface area (Å²) in [6.07, 6.45) is 0. The normalized spacial score (nSPS) is 15.7. The van der Waals surface area contributed by atoms with Crippen molar-refractivity contribution >= 4 is 27.7 Å². The second-order valence-corrected chi connectivity index (χ2v) is 10.7. The van der Waals surface area contributed by atoms with Crippen molar-refractivity contribution in [2.24, 2.45) is 0 Å². The monoisotopic (exact) mass is 475 g/mol. The van der Waals surface area contributed by atoms with Crippen LogP contribution in [0.3, 0.4) is 0 Å². The molecule has 0 aromatic heterocycles. The van der Waals surface area contributed by atoms with Crippen LogP contribution in [0.5, 0.6) is 0 Å². The molecule has 3 amide bonds. The minimum Gasteiger partial charge on any atom is -0.350 e. The highest BCUT2D eigenvalue weighted by atomic mass is 32.2. The first-order chi connectivity index (χ1) is 15.3. The van der Waals surface area contributed by atoms with E-state index < -0.39 is 51.7 Å². The van der Waals surface area contributed by atoms with Crippen molar-refractivity contribution in [3.63, 3.8) is 0 Å². The Morgan fingerprint density at radius 2 is 1.70 bits per heavy atom. The molecule has 10 heteroatoms. The van der Waals surface area contributed by atoms with Gasteiger partial charge in [0.15, 0.2) is 0 Å². The predicted octanol–water partition coefficient (Wildman–Crippen LogP) is 2.30. The van der Waals surface area contributed by atoms with Crippen molar-refractivity contribution in [3.05, 3.63) is 65.5 Å². The van der Waals surface area contributed by atoms with E-state index in [-0.39, 0.29) is 22.6 Å². The number of carbonyl (C=O) groups is 3. The van der Waals surface area contributed by atoms with E-state index in [1.807, 2.05) is 0 Å². The Hall–Kier alpha value is -3.27. The van der Waals surface area contributed by atoms with Gasteiger partial charge in [-0.15, -0.1) is 0 Å². The van der Waals surface area contributed by atoms with Gasteiger partial charge < -0.3 is 10.2 Å². The van der Waals surface area contributed by atoms with Crippen LogP contribution in [0.25, 0.3) is 0 Å². The zero-order valence-corrected chi connectivity index (χ0v) is 19.6. The first-order valence-electron chi connectivity index (χ1n) is 10.3. The lowest BCUT2D eigenvalue weighted by Crippen LogP contribution is -2.54. The highest BCUT2D eigenvalue weighted by molar-refractivity contribution is 7.90. The molecule has 0 saturated carbocycles. The molecule has 176 valence electrons. The molecule has 0 saturated heterocycles. The van der Waals surface area contributed by atoms with E-state index in [2.05, 4.69) is 5.32 Å². The smallest absolute Gasteiger partial charge is 0.269 e. The van der Waals surface area contributed by atoms with E-state index >= 15 is 0 Å². The highest BCUT2D eigenvalue weighted by Crippen LogP contribution is 2.30. The summed E-state index contributed by atoms with van der Waals surface area (Å²) in [5.41, 5.74) is -0.460. The van der Waals surface area contributed by atoms with Crippen molar-refractivity contribution in [1.29, 1.82) is 0 Å². The van der Waals surface area contributed by atoms with E-state index in [1.54, 1.807) is 26.8 Å². The molecule has 1 atom stereocenters. The van der Waals surface area contributed by atoms with Crippen molar-refractivity contribution in [2.75, 3.05) is 6.54 Å². The Balaban J connectivity index is 1.92. The number of amides is 3. The van der Waals surface area contributed by atoms with Crippen LogP contribution in [0, 0.1) is 5.82 Å². The lowest BCUT2D eigenvalue weighted by Gasteiger charge is -2.32. The third-order valence-electron chi connectivity index (χ3n) is 5.15. The van der Waals surface area contributed by atoms with Gasteiger partial charge in [-0.25, -0.2) is 17.1 Å². The number of carbonyl (C=O) groups excluding carboxylic acids is 3. The number of halogens is 1. The maximum absolute atomic E-state index is 14.3. The summed E-state index contributed by atoms with van der Waals surface area (Å²) in [7, 11) is -4.22. The quantitative estimate of drug-likeness (QED) is 0.691. The lowest BCUT2D eigenvalue weighted by atomic mass is 10.1. The molecule has 33 heavy (non-hydrogen) atoms. The number of rotatable bonds is 6. The fourth-order valence-corrected chi connectivity index (χ4v) is 4.99. The van der Waals surface area contributed by atoms with Gasteiger partial charge in [0.25, 0.3) is 15.9 Å². The minimum absolute atomic E-state index is 0.0236. The Morgan fingerprint density at radius 1 is 1.09 bits per heavy atom. The van der Waals surface area contributed by atoms with Crippen LogP contribution in [0.15, 0.2) is 53.4 Å². The van der Waals surface area contributed by atoms with Gasteiger partial charge in [-0.05, 0) is 45.9 Å². The van der Waals surface area contributed by atoms with Crippen LogP contribution in [0.1, 0.15) is 43.6 Å². The van der Waals surface area contributed by atoms with E-state index in [9.17, 15) is 27.2 Å². The highest BCUT2D eigenvalue weighted by Gasteiger charge is 2.43. The van der Waals surface area contributed by atoms with E-state index in [4.69, 9.17) is 0 Å². The van der Waals surface area contributed by atoms with E-state index in [1.165, 1.54) is 49.4 Å². The SMILES string of the molecule is C[C@H](C(=O)NC(C)(C)C)N(Cc1ccccc1F)C(=O)CN1C(=O)c2ccccc2S1(=O)=O. The molecular weight excluding hydrogens is 449 g/mol. The maximum Gasteiger partial charge on any atom is 0.269 e. The number of fused-ring (bicyclic) bond motifs is 1. The average Bonchev–Trinajstić information content (AvgIpc) is 2.92. The van der Waals surface area contributed by atoms with Gasteiger partial charge in [0.2, 0.25) is 11.8 Å². The summed E-state index contributed by atoms with van der Waals surface area (Å²) in [6.45, 7) is 5.69. The maximum atomic E-state index is 14.3. The standard InChI is InChI=1S/C23H26FN3O5S/c1-15(21(29)25-23(2,3)4)26(13-16-9-5-7-11-18(16)24)20(28)14-27-22(30)17-10-6-8-12-19(17)33(27,31)32/h5-12,15H,13-14H2,1-4H3,(H,25,29)/t15-/m1/s1. The number of hydrogen-bond acceptors (Lipinski definition) is 5. The molecule has 0 unspecified atom stereocenters. The van der Waals surface area contributed by atoms with Gasteiger partial charge >= 0.3 is 0 Å². The molecule has 0 spiro atoms. The third-order valence-corrected chi connectivity index (χ3v) is 6.94. The summed E-state index contributed by atoms with van der Waals surface area (Å²) in [4.78, 5) is 39.7. The molecule has 0 radical (unpaired) electrons. The van der Waals surface area contributed by atoms with Gasteiger partial charge in [-0.1, -0.05) is 30.3 Å². The van der Waals surface area contributed by atoms with Crippen LogP contribution in [0.2, 0.25) is 0 Å². The summed E-state index contributed by atoms with van der Waals surface area (Å²) in [5, 5.41) is 2.76. The molecule has 1 aliphatic rings. The molecule has 1 aliphatic heterocycles. The molecular formula is C23H26FN3O5S. The Kier molecular flexibility index (Phi) is 6.60. The van der Waals surface area contributed by atoms with Crippen molar-refractivity contribution in [3.8, 4) is 0 Å². The molecule has 3 rings (SSSR count). The number of hydrogen-bond donors (Lipinski definition) is 1. The van der Waals surface area contributed by atoms with Gasteiger partial charge in [0.05, 0.1) is 5.56 Å². The fraction of sp³-hybridized carbons (Fsp3) is 0.348. The average molecular weight is 476 g/mol. The Labute approximate surface area is 192 Å². The van der Waals surface area contributed by atoms with Gasteiger partial charge in [0, 0.05) is 17.6 Å². The first-order valence-corrected chi connectivity index (χ1v) is 11.8. The summed E-state index contributed by atoms with van der Waals surface area (Å²) >= 11 is 0. The molecule has 0 bridgehead atoms. The molecule has 0 fully saturated rings.